The van der Waals surface area contributed by atoms with E-state index >= 15 is 0 Å². The Hall–Kier alpha value is -2.33. The monoisotopic (exact) mass is 514 g/mol. The number of fused-ring (bicyclic) bond motifs is 1. The van der Waals surface area contributed by atoms with Crippen LogP contribution in [0.25, 0.3) is 10.2 Å². The molecule has 1 aliphatic rings. The van der Waals surface area contributed by atoms with Crippen LogP contribution in [0.3, 0.4) is 0 Å². The zero-order valence-corrected chi connectivity index (χ0v) is 22.7. The number of nitrogens with zero attached hydrogens (tertiary/aromatic N) is 4. The highest BCUT2D eigenvalue weighted by molar-refractivity contribution is 7.89. The van der Waals surface area contributed by atoms with Crippen LogP contribution >= 0.6 is 11.3 Å². The molecule has 0 atom stereocenters. The van der Waals surface area contributed by atoms with E-state index in [2.05, 4.69) is 32.9 Å². The number of carbonyl (C=O) groups is 1. The van der Waals surface area contributed by atoms with Gasteiger partial charge in [0.05, 0.1) is 15.1 Å². The van der Waals surface area contributed by atoms with Gasteiger partial charge in [-0.25, -0.2) is 13.4 Å². The van der Waals surface area contributed by atoms with Crippen molar-refractivity contribution in [2.24, 2.45) is 5.92 Å². The van der Waals surface area contributed by atoms with E-state index in [0.717, 1.165) is 23.1 Å². The number of hydrogen-bond donors (Lipinski definition) is 0. The van der Waals surface area contributed by atoms with Gasteiger partial charge >= 0.3 is 0 Å². The first-order chi connectivity index (χ1) is 16.6. The molecule has 1 amide bonds. The lowest BCUT2D eigenvalue weighted by Gasteiger charge is -2.29. The van der Waals surface area contributed by atoms with Gasteiger partial charge in [0.1, 0.15) is 0 Å². The molecule has 1 saturated heterocycles. The quantitative estimate of drug-likeness (QED) is 0.463. The minimum atomic E-state index is -3.56. The molecule has 2 aromatic carbocycles. The second-order valence-corrected chi connectivity index (χ2v) is 12.7. The number of carbonyl (C=O) groups excluding carboxylic acids is 1. The van der Waals surface area contributed by atoms with E-state index < -0.39 is 10.0 Å². The Labute approximate surface area is 212 Å². The molecule has 1 fully saturated rings. The number of amides is 1. The molecule has 2 heterocycles. The normalized spacial score (nSPS) is 15.7. The number of aromatic nitrogens is 1. The summed E-state index contributed by atoms with van der Waals surface area (Å²) in [6, 6.07) is 10.5. The lowest BCUT2D eigenvalue weighted by molar-refractivity contribution is 0.0985. The summed E-state index contributed by atoms with van der Waals surface area (Å²) in [5, 5.41) is 0.649. The van der Waals surface area contributed by atoms with Gasteiger partial charge in [-0.2, -0.15) is 4.31 Å². The number of piperidine rings is 1. The van der Waals surface area contributed by atoms with Crippen molar-refractivity contribution in [3.63, 3.8) is 0 Å². The number of aryl methyl sites for hydroxylation is 2. The Morgan fingerprint density at radius 2 is 1.69 bits per heavy atom. The molecule has 1 aliphatic heterocycles. The minimum absolute atomic E-state index is 0.185. The van der Waals surface area contributed by atoms with E-state index in [1.165, 1.54) is 22.5 Å². The van der Waals surface area contributed by atoms with Gasteiger partial charge in [0.2, 0.25) is 10.0 Å². The molecule has 0 bridgehead atoms. The summed E-state index contributed by atoms with van der Waals surface area (Å²) < 4.78 is 28.8. The Balaban J connectivity index is 1.61. The van der Waals surface area contributed by atoms with Crippen molar-refractivity contribution in [1.29, 1.82) is 0 Å². The largest absolute Gasteiger partial charge is 0.308 e. The van der Waals surface area contributed by atoms with Gasteiger partial charge in [0.15, 0.2) is 5.13 Å². The number of sulfonamides is 1. The van der Waals surface area contributed by atoms with Gasteiger partial charge < -0.3 is 4.90 Å². The summed E-state index contributed by atoms with van der Waals surface area (Å²) in [5.74, 6) is 0.361. The molecule has 9 heteroatoms. The third-order valence-corrected chi connectivity index (χ3v) is 9.68. The SMILES string of the molecule is Cc1cc2nc(N(CCN(C)C)C(=O)c3ccc(S(=O)(=O)N4CCC(C)CC4)cc3)sc2cc1C. The molecule has 0 unspecified atom stereocenters. The maximum Gasteiger partial charge on any atom is 0.260 e. The summed E-state index contributed by atoms with van der Waals surface area (Å²) in [7, 11) is 0.378. The minimum Gasteiger partial charge on any atom is -0.308 e. The third-order valence-electron chi connectivity index (χ3n) is 6.72. The number of benzene rings is 2. The van der Waals surface area contributed by atoms with E-state index in [4.69, 9.17) is 4.98 Å². The maximum absolute atomic E-state index is 13.6. The third kappa shape index (κ3) is 5.58. The number of likely N-dealkylation sites (N-methyl/N-ethyl adjacent to an activating group) is 1. The summed E-state index contributed by atoms with van der Waals surface area (Å²) in [6.45, 7) is 8.53. The Morgan fingerprint density at radius 1 is 1.06 bits per heavy atom. The summed E-state index contributed by atoms with van der Waals surface area (Å²) in [4.78, 5) is 22.3. The van der Waals surface area contributed by atoms with Gasteiger partial charge in [-0.05, 0) is 94.2 Å². The first-order valence-electron chi connectivity index (χ1n) is 12.0. The molecule has 0 N–H and O–H groups in total. The van der Waals surface area contributed by atoms with Crippen LogP contribution in [0, 0.1) is 19.8 Å². The van der Waals surface area contributed by atoms with E-state index in [0.29, 0.717) is 42.8 Å². The van der Waals surface area contributed by atoms with Crippen molar-refractivity contribution in [3.05, 3.63) is 53.1 Å². The van der Waals surface area contributed by atoms with Crippen molar-refractivity contribution >= 4 is 42.6 Å². The second-order valence-electron chi connectivity index (χ2n) is 9.77. The number of thiazole rings is 1. The fraction of sp³-hybridized carbons (Fsp3) is 0.462. The number of rotatable bonds is 7. The van der Waals surface area contributed by atoms with E-state index in [1.54, 1.807) is 33.5 Å². The topological polar surface area (TPSA) is 73.8 Å². The zero-order valence-electron chi connectivity index (χ0n) is 21.1. The molecule has 7 nitrogen and oxygen atoms in total. The molecule has 1 aromatic heterocycles. The van der Waals surface area contributed by atoms with E-state index in [-0.39, 0.29) is 10.8 Å². The maximum atomic E-state index is 13.6. The van der Waals surface area contributed by atoms with Crippen LogP contribution in [0.1, 0.15) is 41.3 Å². The molecule has 0 spiro atoms. The number of anilines is 1. The summed E-state index contributed by atoms with van der Waals surface area (Å²) >= 11 is 1.50. The highest BCUT2D eigenvalue weighted by Gasteiger charge is 2.29. The average molecular weight is 515 g/mol. The average Bonchev–Trinajstić information content (AvgIpc) is 3.21. The van der Waals surface area contributed by atoms with Crippen molar-refractivity contribution in [2.45, 2.75) is 38.5 Å². The molecule has 3 aromatic rings. The van der Waals surface area contributed by atoms with Crippen LogP contribution in [-0.2, 0) is 10.0 Å². The highest BCUT2D eigenvalue weighted by atomic mass is 32.2. The van der Waals surface area contributed by atoms with Crippen molar-refractivity contribution in [1.82, 2.24) is 14.2 Å². The molecule has 35 heavy (non-hydrogen) atoms. The molecule has 0 aliphatic carbocycles. The predicted molar refractivity (Wildman–Crippen MR) is 143 cm³/mol. The fourth-order valence-electron chi connectivity index (χ4n) is 4.17. The van der Waals surface area contributed by atoms with Crippen LogP contribution in [0.4, 0.5) is 5.13 Å². The molecular formula is C26H34N4O3S2. The molecule has 4 rings (SSSR count). The van der Waals surface area contributed by atoms with Crippen LogP contribution in [-0.4, -0.2) is 68.8 Å². The van der Waals surface area contributed by atoms with Crippen molar-refractivity contribution in [2.75, 3.05) is 45.2 Å². The molecule has 0 radical (unpaired) electrons. The predicted octanol–water partition coefficient (Wildman–Crippen LogP) is 4.54. The zero-order chi connectivity index (χ0) is 25.3. The Bertz CT molecular complexity index is 1270. The van der Waals surface area contributed by atoms with Crippen molar-refractivity contribution < 1.29 is 13.2 Å². The van der Waals surface area contributed by atoms with Gasteiger partial charge in [0.25, 0.3) is 5.91 Å². The highest BCUT2D eigenvalue weighted by Crippen LogP contribution is 2.32. The lowest BCUT2D eigenvalue weighted by atomic mass is 10.0. The van der Waals surface area contributed by atoms with E-state index in [1.807, 2.05) is 19.0 Å². The smallest absolute Gasteiger partial charge is 0.260 e. The molecule has 188 valence electrons. The van der Waals surface area contributed by atoms with Crippen LogP contribution in [0.5, 0.6) is 0 Å². The van der Waals surface area contributed by atoms with Crippen LogP contribution < -0.4 is 4.90 Å². The molecule has 0 saturated carbocycles. The standard InChI is InChI=1S/C26H34N4O3S2/c1-18-10-12-29(13-11-18)35(32,33)22-8-6-21(7-9-22)25(31)30(15-14-28(4)5)26-27-23-16-19(2)20(3)17-24(23)34-26/h6-9,16-18H,10-15H2,1-5H3. The van der Waals surface area contributed by atoms with Crippen LogP contribution in [0.2, 0.25) is 0 Å². The van der Waals surface area contributed by atoms with Gasteiger partial charge in [0, 0.05) is 31.7 Å². The second kappa shape index (κ2) is 10.3. The number of hydrogen-bond acceptors (Lipinski definition) is 6. The summed E-state index contributed by atoms with van der Waals surface area (Å²) in [6.07, 6.45) is 1.75. The lowest BCUT2D eigenvalue weighted by Crippen LogP contribution is -2.38. The summed E-state index contributed by atoms with van der Waals surface area (Å²) in [5.41, 5.74) is 3.69. The van der Waals surface area contributed by atoms with E-state index in [9.17, 15) is 13.2 Å². The Morgan fingerprint density at radius 3 is 2.31 bits per heavy atom. The molecular weight excluding hydrogens is 480 g/mol. The Kier molecular flexibility index (Phi) is 7.61. The van der Waals surface area contributed by atoms with Crippen molar-refractivity contribution in [3.8, 4) is 0 Å². The van der Waals surface area contributed by atoms with Crippen LogP contribution in [0.15, 0.2) is 41.3 Å². The van der Waals surface area contributed by atoms with Gasteiger partial charge in [-0.15, -0.1) is 0 Å². The fourth-order valence-corrected chi connectivity index (χ4v) is 6.71. The van der Waals surface area contributed by atoms with Gasteiger partial charge in [-0.1, -0.05) is 18.3 Å². The first-order valence-corrected chi connectivity index (χ1v) is 14.3. The first kappa shape index (κ1) is 25.8. The van der Waals surface area contributed by atoms with Gasteiger partial charge in [-0.3, -0.25) is 9.69 Å².